The van der Waals surface area contributed by atoms with Crippen LogP contribution in [-0.4, -0.2) is 28.7 Å². The van der Waals surface area contributed by atoms with Gasteiger partial charge in [0.25, 0.3) is 0 Å². The average Bonchev–Trinajstić information content (AvgIpc) is 2.95. The van der Waals surface area contributed by atoms with E-state index in [9.17, 15) is 0 Å². The van der Waals surface area contributed by atoms with Crippen LogP contribution in [0.5, 0.6) is 5.75 Å². The summed E-state index contributed by atoms with van der Waals surface area (Å²) in [6.45, 7) is 6.40. The lowest BCUT2D eigenvalue weighted by atomic mass is 9.90. The van der Waals surface area contributed by atoms with Gasteiger partial charge in [0.2, 0.25) is 5.89 Å². The second-order valence-electron chi connectivity index (χ2n) is 6.46. The third-order valence-electron chi connectivity index (χ3n) is 3.89. The molecule has 1 aromatic heterocycles. The molecular formula is C17H23N5O2. The van der Waals surface area contributed by atoms with Crippen LogP contribution >= 0.6 is 0 Å². The molecule has 0 fully saturated rings. The third kappa shape index (κ3) is 3.67. The monoisotopic (exact) mass is 329 g/mol. The van der Waals surface area contributed by atoms with Crippen molar-refractivity contribution < 1.29 is 9.26 Å². The Morgan fingerprint density at radius 3 is 2.88 bits per heavy atom. The Morgan fingerprint density at radius 1 is 1.38 bits per heavy atom. The van der Waals surface area contributed by atoms with Crippen LogP contribution in [-0.2, 0) is 6.54 Å². The molecule has 0 saturated carbocycles. The normalized spacial score (nSPS) is 19.3. The molecule has 0 aliphatic carbocycles. The predicted octanol–water partition coefficient (Wildman–Crippen LogP) is 2.35. The Balaban J connectivity index is 1.71. The number of para-hydroxylation sites is 1. The van der Waals surface area contributed by atoms with E-state index >= 15 is 0 Å². The first-order valence-corrected chi connectivity index (χ1v) is 8.01. The largest absolute Gasteiger partial charge is 0.487 e. The summed E-state index contributed by atoms with van der Waals surface area (Å²) in [4.78, 5) is 8.47. The predicted molar refractivity (Wildman–Crippen MR) is 90.9 cm³/mol. The van der Waals surface area contributed by atoms with E-state index in [4.69, 9.17) is 9.26 Å². The van der Waals surface area contributed by atoms with Crippen LogP contribution in [0.15, 0.2) is 33.8 Å². The summed E-state index contributed by atoms with van der Waals surface area (Å²) in [6, 6.07) is 8.20. The summed E-state index contributed by atoms with van der Waals surface area (Å²) in [5.41, 5.74) is 0.891. The first-order chi connectivity index (χ1) is 11.5. The molecule has 0 saturated heterocycles. The summed E-state index contributed by atoms with van der Waals surface area (Å²) in [7, 11) is 1.74. The maximum Gasteiger partial charge on any atom is 0.246 e. The van der Waals surface area contributed by atoms with E-state index < -0.39 is 0 Å². The van der Waals surface area contributed by atoms with Crippen molar-refractivity contribution in [3.8, 4) is 5.75 Å². The van der Waals surface area contributed by atoms with Crippen molar-refractivity contribution in [3.05, 3.63) is 41.5 Å². The van der Waals surface area contributed by atoms with E-state index in [2.05, 4.69) is 45.7 Å². The molecule has 128 valence electrons. The van der Waals surface area contributed by atoms with Crippen molar-refractivity contribution >= 4 is 5.96 Å². The molecule has 0 radical (unpaired) electrons. The minimum Gasteiger partial charge on any atom is -0.487 e. The fourth-order valence-electron chi connectivity index (χ4n) is 2.86. The summed E-state index contributed by atoms with van der Waals surface area (Å²) in [5.74, 6) is 2.75. The highest BCUT2D eigenvalue weighted by Crippen LogP contribution is 2.39. The summed E-state index contributed by atoms with van der Waals surface area (Å²) in [6.07, 6.45) is 0.838. The van der Waals surface area contributed by atoms with Crippen molar-refractivity contribution in [2.75, 3.05) is 7.05 Å². The van der Waals surface area contributed by atoms with Crippen LogP contribution in [0, 0.1) is 6.92 Å². The molecule has 0 amide bonds. The van der Waals surface area contributed by atoms with Gasteiger partial charge >= 0.3 is 0 Å². The molecule has 0 bridgehead atoms. The van der Waals surface area contributed by atoms with Gasteiger partial charge in [-0.15, -0.1) is 0 Å². The molecule has 2 aromatic rings. The van der Waals surface area contributed by atoms with E-state index in [0.29, 0.717) is 24.2 Å². The highest BCUT2D eigenvalue weighted by atomic mass is 16.5. The third-order valence-corrected chi connectivity index (χ3v) is 3.89. The standard InChI is InChI=1S/C17H23N5O2/c1-11-20-15(24-22-11)10-19-16(18-4)21-13-9-17(2,3)23-14-8-6-5-7-12(13)14/h5-8,13H,9-10H2,1-4H3,(H2,18,19,21). The zero-order valence-electron chi connectivity index (χ0n) is 14.5. The van der Waals surface area contributed by atoms with Gasteiger partial charge in [-0.25, -0.2) is 0 Å². The topological polar surface area (TPSA) is 84.6 Å². The van der Waals surface area contributed by atoms with Gasteiger partial charge in [0.15, 0.2) is 11.8 Å². The van der Waals surface area contributed by atoms with Crippen molar-refractivity contribution in [2.45, 2.75) is 45.4 Å². The molecular weight excluding hydrogens is 306 g/mol. The number of hydrogen-bond acceptors (Lipinski definition) is 5. The SMILES string of the molecule is CN=C(NCc1nc(C)no1)NC1CC(C)(C)Oc2ccccc21. The Kier molecular flexibility index (Phi) is 4.42. The second kappa shape index (κ2) is 6.51. The van der Waals surface area contributed by atoms with Crippen LogP contribution < -0.4 is 15.4 Å². The number of nitrogens with zero attached hydrogens (tertiary/aromatic N) is 3. The van der Waals surface area contributed by atoms with Gasteiger partial charge in [-0.1, -0.05) is 23.4 Å². The number of fused-ring (bicyclic) bond motifs is 1. The molecule has 0 spiro atoms. The number of hydrogen-bond donors (Lipinski definition) is 2. The smallest absolute Gasteiger partial charge is 0.246 e. The second-order valence-corrected chi connectivity index (χ2v) is 6.46. The molecule has 7 nitrogen and oxygen atoms in total. The molecule has 1 aliphatic heterocycles. The lowest BCUT2D eigenvalue weighted by molar-refractivity contribution is 0.0694. The van der Waals surface area contributed by atoms with E-state index in [1.54, 1.807) is 14.0 Å². The van der Waals surface area contributed by atoms with Gasteiger partial charge in [-0.05, 0) is 26.8 Å². The average molecular weight is 329 g/mol. The molecule has 1 unspecified atom stereocenters. The lowest BCUT2D eigenvalue weighted by Gasteiger charge is -2.38. The van der Waals surface area contributed by atoms with Crippen molar-refractivity contribution in [2.24, 2.45) is 4.99 Å². The Morgan fingerprint density at radius 2 is 2.17 bits per heavy atom. The number of aryl methyl sites for hydroxylation is 1. The highest BCUT2D eigenvalue weighted by molar-refractivity contribution is 5.80. The Hall–Kier alpha value is -2.57. The van der Waals surface area contributed by atoms with Gasteiger partial charge in [0.1, 0.15) is 11.4 Å². The zero-order chi connectivity index (χ0) is 17.2. The number of guanidine groups is 1. The summed E-state index contributed by atoms with van der Waals surface area (Å²) in [5, 5.41) is 10.5. The Labute approximate surface area is 141 Å². The minimum absolute atomic E-state index is 0.112. The van der Waals surface area contributed by atoms with E-state index in [1.807, 2.05) is 18.2 Å². The minimum atomic E-state index is -0.242. The number of ether oxygens (including phenoxy) is 1. The number of aromatic nitrogens is 2. The molecule has 1 aliphatic rings. The van der Waals surface area contributed by atoms with E-state index in [1.165, 1.54) is 0 Å². The van der Waals surface area contributed by atoms with Crippen LogP contribution in [0.4, 0.5) is 0 Å². The Bertz CT molecular complexity index is 738. The maximum atomic E-state index is 6.06. The molecule has 7 heteroatoms. The van der Waals surface area contributed by atoms with Crippen LogP contribution in [0.2, 0.25) is 0 Å². The van der Waals surface area contributed by atoms with Gasteiger partial charge < -0.3 is 19.9 Å². The van der Waals surface area contributed by atoms with Crippen molar-refractivity contribution in [3.63, 3.8) is 0 Å². The maximum absolute atomic E-state index is 6.06. The molecule has 1 atom stereocenters. The zero-order valence-corrected chi connectivity index (χ0v) is 14.5. The van der Waals surface area contributed by atoms with Crippen molar-refractivity contribution in [1.82, 2.24) is 20.8 Å². The van der Waals surface area contributed by atoms with Gasteiger partial charge in [0.05, 0.1) is 12.6 Å². The van der Waals surface area contributed by atoms with E-state index in [0.717, 1.165) is 17.7 Å². The lowest BCUT2D eigenvalue weighted by Crippen LogP contribution is -2.45. The van der Waals surface area contributed by atoms with Crippen LogP contribution in [0.1, 0.15) is 43.6 Å². The fourth-order valence-corrected chi connectivity index (χ4v) is 2.86. The van der Waals surface area contributed by atoms with E-state index in [-0.39, 0.29) is 11.6 Å². The summed E-state index contributed by atoms with van der Waals surface area (Å²) >= 11 is 0. The van der Waals surface area contributed by atoms with Crippen molar-refractivity contribution in [1.29, 1.82) is 0 Å². The number of rotatable bonds is 3. The highest BCUT2D eigenvalue weighted by Gasteiger charge is 2.33. The molecule has 2 N–H and O–H groups in total. The summed E-state index contributed by atoms with van der Waals surface area (Å²) < 4.78 is 11.2. The first kappa shape index (κ1) is 16.3. The first-order valence-electron chi connectivity index (χ1n) is 8.01. The van der Waals surface area contributed by atoms with Gasteiger partial charge in [-0.3, -0.25) is 4.99 Å². The van der Waals surface area contributed by atoms with Gasteiger partial charge in [0, 0.05) is 19.0 Å². The molecule has 3 rings (SSSR count). The molecule has 2 heterocycles. The number of aliphatic imine (C=N–C) groups is 1. The molecule has 24 heavy (non-hydrogen) atoms. The molecule has 1 aromatic carbocycles. The quantitative estimate of drug-likeness (QED) is 0.664. The van der Waals surface area contributed by atoms with Crippen LogP contribution in [0.3, 0.4) is 0 Å². The number of benzene rings is 1. The van der Waals surface area contributed by atoms with Gasteiger partial charge in [-0.2, -0.15) is 4.98 Å². The van der Waals surface area contributed by atoms with Crippen LogP contribution in [0.25, 0.3) is 0 Å². The fraction of sp³-hybridized carbons (Fsp3) is 0.471. The number of nitrogens with one attached hydrogen (secondary N) is 2.